The lowest BCUT2D eigenvalue weighted by molar-refractivity contribution is -0.124. The molecule has 0 aliphatic carbocycles. The molecule has 0 unspecified atom stereocenters. The van der Waals surface area contributed by atoms with E-state index in [0.29, 0.717) is 22.4 Å². The van der Waals surface area contributed by atoms with Crippen molar-refractivity contribution < 1.29 is 24.6 Å². The summed E-state index contributed by atoms with van der Waals surface area (Å²) in [6, 6.07) is 11.2. The lowest BCUT2D eigenvalue weighted by Gasteiger charge is -2.03. The molecule has 0 saturated carbocycles. The van der Waals surface area contributed by atoms with Crippen molar-refractivity contribution in [2.24, 2.45) is 5.10 Å². The Labute approximate surface area is 149 Å². The molecule has 0 heterocycles. The lowest BCUT2D eigenvalue weighted by Crippen LogP contribution is -2.17. The highest BCUT2D eigenvalue weighted by atomic mass is 16.5. The maximum atomic E-state index is 12.1. The van der Waals surface area contributed by atoms with Gasteiger partial charge in [0.25, 0.3) is 11.8 Å². The second kappa shape index (κ2) is 9.00. The van der Waals surface area contributed by atoms with Crippen molar-refractivity contribution in [1.29, 1.82) is 0 Å². The first kappa shape index (κ1) is 18.7. The summed E-state index contributed by atoms with van der Waals surface area (Å²) in [7, 11) is 1.45. The Kier molecular flexibility index (Phi) is 6.47. The second-order valence-electron chi connectivity index (χ2n) is 5.07. The molecule has 0 aromatic heterocycles. The number of hydroxylamine groups is 1. The van der Waals surface area contributed by atoms with Crippen molar-refractivity contribution in [2.45, 2.75) is 0 Å². The van der Waals surface area contributed by atoms with E-state index in [4.69, 9.17) is 9.94 Å². The third-order valence-corrected chi connectivity index (χ3v) is 3.27. The van der Waals surface area contributed by atoms with Crippen LogP contribution in [0.2, 0.25) is 0 Å². The van der Waals surface area contributed by atoms with Crippen molar-refractivity contribution in [3.63, 3.8) is 0 Å². The summed E-state index contributed by atoms with van der Waals surface area (Å²) >= 11 is 0. The number of hydrogen-bond donors (Lipinski definition) is 4. The highest BCUT2D eigenvalue weighted by Gasteiger charge is 2.05. The number of carbonyl (C=O) groups is 2. The Morgan fingerprint density at radius 1 is 1.15 bits per heavy atom. The van der Waals surface area contributed by atoms with Crippen LogP contribution in [0.3, 0.4) is 0 Å². The lowest BCUT2D eigenvalue weighted by atomic mass is 10.1. The summed E-state index contributed by atoms with van der Waals surface area (Å²) in [5.41, 5.74) is 5.37. The van der Waals surface area contributed by atoms with Gasteiger partial charge in [0.15, 0.2) is 11.5 Å². The molecule has 0 aliphatic rings. The third-order valence-electron chi connectivity index (χ3n) is 3.27. The van der Waals surface area contributed by atoms with Gasteiger partial charge in [0.2, 0.25) is 0 Å². The minimum absolute atomic E-state index is 0.0332. The number of rotatable bonds is 6. The molecule has 2 rings (SSSR count). The maximum Gasteiger partial charge on any atom is 0.271 e. The number of aromatic hydroxyl groups is 1. The van der Waals surface area contributed by atoms with Crippen molar-refractivity contribution in [3.05, 3.63) is 65.2 Å². The van der Waals surface area contributed by atoms with Gasteiger partial charge >= 0.3 is 0 Å². The molecule has 0 aliphatic heterocycles. The van der Waals surface area contributed by atoms with Crippen LogP contribution in [0.25, 0.3) is 6.08 Å². The predicted octanol–water partition coefficient (Wildman–Crippen LogP) is 1.68. The molecule has 0 radical (unpaired) electrons. The second-order valence-corrected chi connectivity index (χ2v) is 5.07. The van der Waals surface area contributed by atoms with Gasteiger partial charge in [-0.3, -0.25) is 14.8 Å². The van der Waals surface area contributed by atoms with E-state index in [2.05, 4.69) is 10.5 Å². The van der Waals surface area contributed by atoms with Gasteiger partial charge in [-0.15, -0.1) is 0 Å². The number of amides is 2. The molecule has 8 nitrogen and oxygen atoms in total. The zero-order valence-electron chi connectivity index (χ0n) is 13.8. The zero-order valence-corrected chi connectivity index (χ0v) is 13.8. The number of hydrazone groups is 1. The van der Waals surface area contributed by atoms with Crippen molar-refractivity contribution in [3.8, 4) is 11.5 Å². The van der Waals surface area contributed by atoms with Gasteiger partial charge in [-0.1, -0.05) is 12.1 Å². The molecule has 0 spiro atoms. The molecule has 134 valence electrons. The molecule has 2 amide bonds. The van der Waals surface area contributed by atoms with E-state index >= 15 is 0 Å². The molecule has 0 atom stereocenters. The molecule has 0 fully saturated rings. The topological polar surface area (TPSA) is 120 Å². The summed E-state index contributed by atoms with van der Waals surface area (Å²) in [5, 5.41) is 22.0. The van der Waals surface area contributed by atoms with E-state index < -0.39 is 11.8 Å². The van der Waals surface area contributed by atoms with Gasteiger partial charge in [-0.2, -0.15) is 5.10 Å². The Morgan fingerprint density at radius 2 is 1.96 bits per heavy atom. The summed E-state index contributed by atoms with van der Waals surface area (Å²) in [6.45, 7) is 0. The van der Waals surface area contributed by atoms with Gasteiger partial charge in [-0.25, -0.2) is 10.9 Å². The fraction of sp³-hybridized carbons (Fsp3) is 0.0556. The number of carbonyl (C=O) groups excluding carboxylic acids is 2. The molecule has 26 heavy (non-hydrogen) atoms. The Bertz CT molecular complexity index is 862. The van der Waals surface area contributed by atoms with Crippen LogP contribution >= 0.6 is 0 Å². The Hall–Kier alpha value is -3.65. The third kappa shape index (κ3) is 5.18. The molecule has 2 aromatic rings. The largest absolute Gasteiger partial charge is 0.504 e. The first-order chi connectivity index (χ1) is 12.5. The molecular formula is C18H17N3O5. The molecule has 4 N–H and O–H groups in total. The van der Waals surface area contributed by atoms with Gasteiger partial charge < -0.3 is 9.84 Å². The maximum absolute atomic E-state index is 12.1. The van der Waals surface area contributed by atoms with Gasteiger partial charge in [-0.05, 0) is 47.5 Å². The van der Waals surface area contributed by atoms with E-state index in [1.54, 1.807) is 36.4 Å². The van der Waals surface area contributed by atoms with E-state index in [-0.39, 0.29) is 5.75 Å². The van der Waals surface area contributed by atoms with Crippen molar-refractivity contribution in [2.75, 3.05) is 7.11 Å². The number of phenolic OH excluding ortho intramolecular Hbond substituents is 1. The number of ether oxygens (including phenoxy) is 1. The first-order valence-corrected chi connectivity index (χ1v) is 7.46. The van der Waals surface area contributed by atoms with Crippen molar-refractivity contribution >= 4 is 24.1 Å². The Balaban J connectivity index is 2.02. The van der Waals surface area contributed by atoms with Crippen LogP contribution in [-0.2, 0) is 4.79 Å². The minimum Gasteiger partial charge on any atom is -0.504 e. The number of nitrogens with one attached hydrogen (secondary N) is 2. The van der Waals surface area contributed by atoms with Gasteiger partial charge in [0.05, 0.1) is 13.3 Å². The van der Waals surface area contributed by atoms with E-state index in [9.17, 15) is 14.7 Å². The summed E-state index contributed by atoms with van der Waals surface area (Å²) < 4.78 is 4.94. The number of hydrogen-bond acceptors (Lipinski definition) is 6. The van der Waals surface area contributed by atoms with Gasteiger partial charge in [0, 0.05) is 11.6 Å². The minimum atomic E-state index is -0.674. The number of methoxy groups -OCH3 is 1. The normalized spacial score (nSPS) is 10.8. The Morgan fingerprint density at radius 3 is 2.65 bits per heavy atom. The molecule has 2 aromatic carbocycles. The predicted molar refractivity (Wildman–Crippen MR) is 95.1 cm³/mol. The molecule has 0 bridgehead atoms. The van der Waals surface area contributed by atoms with E-state index in [0.717, 1.165) is 6.08 Å². The highest BCUT2D eigenvalue weighted by Crippen LogP contribution is 2.25. The fourth-order valence-corrected chi connectivity index (χ4v) is 2.01. The van der Waals surface area contributed by atoms with Crippen LogP contribution in [0, 0.1) is 0 Å². The van der Waals surface area contributed by atoms with Crippen LogP contribution in [0.4, 0.5) is 0 Å². The molecule has 8 heteroatoms. The summed E-state index contributed by atoms with van der Waals surface area (Å²) in [4.78, 5) is 23.1. The SMILES string of the molecule is COc1ccc(C=NNC(=O)c2cccc(C=CC(=O)NO)c2)cc1O. The standard InChI is InChI=1S/C18H17N3O5/c1-26-16-7-5-13(10-15(16)22)11-19-20-18(24)14-4-2-3-12(9-14)6-8-17(23)21-25/h2-11,22,25H,1H3,(H,20,24)(H,21,23). The number of nitrogens with zero attached hydrogens (tertiary/aromatic N) is 1. The molecular weight excluding hydrogens is 338 g/mol. The van der Waals surface area contributed by atoms with Crippen LogP contribution in [0.15, 0.2) is 53.6 Å². The van der Waals surface area contributed by atoms with Crippen LogP contribution in [0.1, 0.15) is 21.5 Å². The average molecular weight is 355 g/mol. The van der Waals surface area contributed by atoms with Crippen LogP contribution in [-0.4, -0.2) is 35.5 Å². The van der Waals surface area contributed by atoms with Crippen molar-refractivity contribution in [1.82, 2.24) is 10.9 Å². The zero-order chi connectivity index (χ0) is 18.9. The van der Waals surface area contributed by atoms with Crippen LogP contribution < -0.4 is 15.6 Å². The monoisotopic (exact) mass is 355 g/mol. The number of phenols is 1. The molecule has 0 saturated heterocycles. The average Bonchev–Trinajstić information content (AvgIpc) is 2.66. The number of benzene rings is 2. The van der Waals surface area contributed by atoms with Crippen LogP contribution in [0.5, 0.6) is 11.5 Å². The highest BCUT2D eigenvalue weighted by molar-refractivity contribution is 5.96. The van der Waals surface area contributed by atoms with Gasteiger partial charge in [0.1, 0.15) is 0 Å². The first-order valence-electron chi connectivity index (χ1n) is 7.46. The summed E-state index contributed by atoms with van der Waals surface area (Å²) in [5.74, 6) is -0.812. The quantitative estimate of drug-likeness (QED) is 0.272. The smallest absolute Gasteiger partial charge is 0.271 e. The van der Waals surface area contributed by atoms with E-state index in [1.165, 1.54) is 30.9 Å². The van der Waals surface area contributed by atoms with E-state index in [1.807, 2.05) is 0 Å². The fourth-order valence-electron chi connectivity index (χ4n) is 2.01. The summed E-state index contributed by atoms with van der Waals surface area (Å²) in [6.07, 6.45) is 3.96.